The molecule has 0 aliphatic heterocycles. The van der Waals surface area contributed by atoms with Gasteiger partial charge in [0.05, 0.1) is 6.61 Å². The molecule has 0 amide bonds. The predicted molar refractivity (Wildman–Crippen MR) is 57.6 cm³/mol. The van der Waals surface area contributed by atoms with Gasteiger partial charge in [-0.1, -0.05) is 12.1 Å². The zero-order valence-corrected chi connectivity index (χ0v) is 8.95. The molecule has 0 heterocycles. The third-order valence-electron chi connectivity index (χ3n) is 1.64. The van der Waals surface area contributed by atoms with E-state index in [9.17, 15) is 0 Å². The molecule has 66 valence electrons. The minimum absolute atomic E-state index is 0.631. The van der Waals surface area contributed by atoms with Crippen LogP contribution in [-0.2, 0) is 11.3 Å². The Kier molecular flexibility index (Phi) is 4.57. The van der Waals surface area contributed by atoms with E-state index in [-0.39, 0.29) is 0 Å². The first kappa shape index (κ1) is 9.95. The van der Waals surface area contributed by atoms with Gasteiger partial charge in [0.25, 0.3) is 0 Å². The monoisotopic (exact) mass is 277 g/mol. The van der Waals surface area contributed by atoms with E-state index in [2.05, 4.69) is 51.7 Å². The van der Waals surface area contributed by atoms with Crippen molar-refractivity contribution in [2.75, 3.05) is 6.61 Å². The maximum Gasteiger partial charge on any atom is 0.0682 e. The lowest BCUT2D eigenvalue weighted by Crippen LogP contribution is -2.01. The summed E-state index contributed by atoms with van der Waals surface area (Å²) in [7, 11) is 0. The molecular weight excluding hydrogens is 265 g/mol. The quantitative estimate of drug-likeness (QED) is 0.519. The Hall–Kier alpha value is -0.130. The van der Waals surface area contributed by atoms with Crippen LogP contribution in [0.2, 0.25) is 0 Å². The molecule has 3 heteroatoms. The molecule has 1 aromatic carbocycles. The van der Waals surface area contributed by atoms with Gasteiger partial charge < -0.3 is 4.84 Å². The van der Waals surface area contributed by atoms with Crippen molar-refractivity contribution in [3.8, 4) is 0 Å². The summed E-state index contributed by atoms with van der Waals surface area (Å²) in [5, 5.41) is 0. The van der Waals surface area contributed by atoms with Crippen molar-refractivity contribution >= 4 is 22.6 Å². The number of hydrogen-bond acceptors (Lipinski definition) is 2. The van der Waals surface area contributed by atoms with Crippen LogP contribution in [-0.4, -0.2) is 6.61 Å². The Bertz CT molecular complexity index is 222. The molecule has 12 heavy (non-hydrogen) atoms. The molecule has 0 aliphatic rings. The summed E-state index contributed by atoms with van der Waals surface area (Å²) in [6, 6.07) is 8.50. The highest BCUT2D eigenvalue weighted by Gasteiger charge is 1.92. The molecule has 0 aliphatic carbocycles. The maximum atomic E-state index is 4.92. The van der Waals surface area contributed by atoms with Crippen molar-refractivity contribution in [1.82, 2.24) is 0 Å². The molecule has 0 unspecified atom stereocenters. The summed E-state index contributed by atoms with van der Waals surface area (Å²) >= 11 is 2.30. The fourth-order valence-corrected chi connectivity index (χ4v) is 1.37. The van der Waals surface area contributed by atoms with Gasteiger partial charge in [0.1, 0.15) is 0 Å². The van der Waals surface area contributed by atoms with Crippen LogP contribution in [0.3, 0.4) is 0 Å². The van der Waals surface area contributed by atoms with Crippen molar-refractivity contribution in [3.05, 3.63) is 33.4 Å². The van der Waals surface area contributed by atoms with E-state index in [4.69, 9.17) is 5.90 Å². The Balaban J connectivity index is 2.37. The van der Waals surface area contributed by atoms with E-state index in [0.717, 1.165) is 12.8 Å². The molecular formula is C9H12INO. The minimum Gasteiger partial charge on any atom is -0.305 e. The third-order valence-corrected chi connectivity index (χ3v) is 2.36. The highest BCUT2D eigenvalue weighted by Crippen LogP contribution is 2.08. The second kappa shape index (κ2) is 5.50. The molecule has 0 radical (unpaired) electrons. The number of rotatable bonds is 4. The van der Waals surface area contributed by atoms with Crippen molar-refractivity contribution in [1.29, 1.82) is 0 Å². The summed E-state index contributed by atoms with van der Waals surface area (Å²) in [6.45, 7) is 0.631. The van der Waals surface area contributed by atoms with Gasteiger partial charge in [-0.15, -0.1) is 0 Å². The van der Waals surface area contributed by atoms with E-state index in [1.165, 1.54) is 9.13 Å². The average Bonchev–Trinajstić information content (AvgIpc) is 2.09. The van der Waals surface area contributed by atoms with E-state index in [1.807, 2.05) is 0 Å². The highest BCUT2D eigenvalue weighted by atomic mass is 127. The van der Waals surface area contributed by atoms with Crippen LogP contribution in [0.15, 0.2) is 24.3 Å². The lowest BCUT2D eigenvalue weighted by Gasteiger charge is -1.99. The molecule has 0 saturated heterocycles. The number of aryl methyl sites for hydroxylation is 1. The highest BCUT2D eigenvalue weighted by molar-refractivity contribution is 14.1. The predicted octanol–water partition coefficient (Wildman–Crippen LogP) is 2.11. The molecule has 0 saturated carbocycles. The van der Waals surface area contributed by atoms with Gasteiger partial charge in [-0.3, -0.25) is 0 Å². The van der Waals surface area contributed by atoms with Gasteiger partial charge in [-0.05, 0) is 53.1 Å². The van der Waals surface area contributed by atoms with Crippen LogP contribution >= 0.6 is 22.6 Å². The standard InChI is InChI=1S/C9H12INO/c10-9-5-3-8(4-6-9)2-1-7-12-11/h3-6H,1-2,7,11H2. The smallest absolute Gasteiger partial charge is 0.0682 e. The number of halogens is 1. The minimum atomic E-state index is 0.631. The molecule has 2 N–H and O–H groups in total. The Morgan fingerprint density at radius 2 is 1.92 bits per heavy atom. The molecule has 1 rings (SSSR count). The van der Waals surface area contributed by atoms with Crippen molar-refractivity contribution in [2.45, 2.75) is 12.8 Å². The second-order valence-electron chi connectivity index (χ2n) is 2.60. The van der Waals surface area contributed by atoms with Crippen molar-refractivity contribution in [2.24, 2.45) is 5.90 Å². The largest absolute Gasteiger partial charge is 0.305 e. The number of hydrogen-bond donors (Lipinski definition) is 1. The topological polar surface area (TPSA) is 35.2 Å². The van der Waals surface area contributed by atoms with E-state index in [0.29, 0.717) is 6.61 Å². The first-order valence-electron chi connectivity index (χ1n) is 3.89. The van der Waals surface area contributed by atoms with Gasteiger partial charge in [-0.25, -0.2) is 5.90 Å². The average molecular weight is 277 g/mol. The van der Waals surface area contributed by atoms with Gasteiger partial charge in [-0.2, -0.15) is 0 Å². The lowest BCUT2D eigenvalue weighted by molar-refractivity contribution is 0.135. The molecule has 0 bridgehead atoms. The van der Waals surface area contributed by atoms with Crippen molar-refractivity contribution in [3.63, 3.8) is 0 Å². The molecule has 0 aromatic heterocycles. The summed E-state index contributed by atoms with van der Waals surface area (Å²) in [4.78, 5) is 4.49. The Labute approximate surface area is 86.2 Å². The van der Waals surface area contributed by atoms with E-state index < -0.39 is 0 Å². The van der Waals surface area contributed by atoms with Crippen LogP contribution in [0.25, 0.3) is 0 Å². The second-order valence-corrected chi connectivity index (χ2v) is 3.85. The molecule has 0 spiro atoms. The molecule has 2 nitrogen and oxygen atoms in total. The van der Waals surface area contributed by atoms with Crippen LogP contribution in [0, 0.1) is 3.57 Å². The normalized spacial score (nSPS) is 10.2. The van der Waals surface area contributed by atoms with E-state index >= 15 is 0 Å². The molecule has 0 atom stereocenters. The van der Waals surface area contributed by atoms with Crippen LogP contribution < -0.4 is 5.90 Å². The van der Waals surface area contributed by atoms with Gasteiger partial charge in [0, 0.05) is 3.57 Å². The number of nitrogens with two attached hydrogens (primary N) is 1. The van der Waals surface area contributed by atoms with Crippen LogP contribution in [0.5, 0.6) is 0 Å². The summed E-state index contributed by atoms with van der Waals surface area (Å²) < 4.78 is 1.27. The Morgan fingerprint density at radius 3 is 2.50 bits per heavy atom. The fourth-order valence-electron chi connectivity index (χ4n) is 1.01. The van der Waals surface area contributed by atoms with E-state index in [1.54, 1.807) is 0 Å². The first-order valence-corrected chi connectivity index (χ1v) is 4.97. The fraction of sp³-hybridized carbons (Fsp3) is 0.333. The van der Waals surface area contributed by atoms with Gasteiger partial charge >= 0.3 is 0 Å². The zero-order valence-electron chi connectivity index (χ0n) is 6.79. The maximum absolute atomic E-state index is 4.92. The third kappa shape index (κ3) is 3.51. The lowest BCUT2D eigenvalue weighted by atomic mass is 10.1. The van der Waals surface area contributed by atoms with Gasteiger partial charge in [0.2, 0.25) is 0 Å². The summed E-state index contributed by atoms with van der Waals surface area (Å²) in [5.74, 6) is 4.92. The first-order chi connectivity index (χ1) is 5.83. The van der Waals surface area contributed by atoms with Crippen LogP contribution in [0.4, 0.5) is 0 Å². The summed E-state index contributed by atoms with van der Waals surface area (Å²) in [5.41, 5.74) is 1.34. The molecule has 0 fully saturated rings. The molecule has 1 aromatic rings. The zero-order chi connectivity index (χ0) is 8.81. The van der Waals surface area contributed by atoms with Crippen LogP contribution in [0.1, 0.15) is 12.0 Å². The van der Waals surface area contributed by atoms with Gasteiger partial charge in [0.15, 0.2) is 0 Å². The SMILES string of the molecule is NOCCCc1ccc(I)cc1. The summed E-state index contributed by atoms with van der Waals surface area (Å²) in [6.07, 6.45) is 2.02. The Morgan fingerprint density at radius 1 is 1.25 bits per heavy atom. The number of benzene rings is 1. The van der Waals surface area contributed by atoms with Crippen molar-refractivity contribution < 1.29 is 4.84 Å².